The average Bonchev–Trinajstić information content (AvgIpc) is 2.98. The monoisotopic (exact) mass is 347 g/mol. The number of carbonyl (C=O) groups excluding carboxylic acids is 1. The van der Waals surface area contributed by atoms with Gasteiger partial charge in [-0.1, -0.05) is 11.2 Å². The Morgan fingerprint density at radius 3 is 3.12 bits per heavy atom. The summed E-state index contributed by atoms with van der Waals surface area (Å²) in [5.74, 6) is 1.24. The van der Waals surface area contributed by atoms with Gasteiger partial charge in [-0.2, -0.15) is 4.98 Å². The lowest BCUT2D eigenvalue weighted by Crippen LogP contribution is -2.41. The molecule has 0 unspecified atom stereocenters. The van der Waals surface area contributed by atoms with Crippen LogP contribution in [0.15, 0.2) is 28.8 Å². The number of anilines is 1. The Hall–Kier alpha value is -2.48. The summed E-state index contributed by atoms with van der Waals surface area (Å²) in [6.45, 7) is 4.84. The van der Waals surface area contributed by atoms with Crippen molar-refractivity contribution in [2.75, 3.05) is 25.0 Å². The van der Waals surface area contributed by atoms with Crippen LogP contribution in [0.5, 0.6) is 0 Å². The summed E-state index contributed by atoms with van der Waals surface area (Å²) in [7, 11) is 0. The quantitative estimate of drug-likeness (QED) is 0.868. The molecule has 0 radical (unpaired) electrons. The van der Waals surface area contributed by atoms with Crippen LogP contribution in [0, 0.1) is 18.7 Å². The second kappa shape index (κ2) is 8.06. The molecule has 2 amide bonds. The third-order valence-electron chi connectivity index (χ3n) is 4.17. The summed E-state index contributed by atoms with van der Waals surface area (Å²) >= 11 is 0. The zero-order valence-electron chi connectivity index (χ0n) is 14.2. The van der Waals surface area contributed by atoms with Crippen LogP contribution < -0.4 is 10.6 Å². The minimum absolute atomic E-state index is 0.324. The Bertz CT molecular complexity index is 721. The largest absolute Gasteiger partial charge is 0.338 e. The van der Waals surface area contributed by atoms with E-state index in [1.807, 2.05) is 0 Å². The number of amides is 2. The van der Waals surface area contributed by atoms with Crippen molar-refractivity contribution in [2.24, 2.45) is 5.92 Å². The SMILES string of the molecule is Cc1noc(CN2CCC[C@@H](CNC(=O)Nc3cccc(F)c3)C2)n1. The fourth-order valence-corrected chi connectivity index (χ4v) is 3.04. The molecule has 134 valence electrons. The van der Waals surface area contributed by atoms with E-state index in [4.69, 9.17) is 4.52 Å². The normalized spacial score (nSPS) is 18.1. The zero-order valence-corrected chi connectivity index (χ0v) is 14.2. The topological polar surface area (TPSA) is 83.3 Å². The Labute approximate surface area is 145 Å². The molecule has 1 aromatic carbocycles. The average molecular weight is 347 g/mol. The highest BCUT2D eigenvalue weighted by molar-refractivity contribution is 5.89. The van der Waals surface area contributed by atoms with Crippen molar-refractivity contribution in [2.45, 2.75) is 26.3 Å². The van der Waals surface area contributed by atoms with Crippen molar-refractivity contribution in [3.05, 3.63) is 41.8 Å². The summed E-state index contributed by atoms with van der Waals surface area (Å²) in [6.07, 6.45) is 2.12. The van der Waals surface area contributed by atoms with Crippen LogP contribution in [-0.4, -0.2) is 40.7 Å². The van der Waals surface area contributed by atoms with Gasteiger partial charge in [-0.05, 0) is 50.4 Å². The van der Waals surface area contributed by atoms with Crippen molar-refractivity contribution >= 4 is 11.7 Å². The molecule has 0 bridgehead atoms. The van der Waals surface area contributed by atoms with Crippen LogP contribution in [0.4, 0.5) is 14.9 Å². The molecule has 0 saturated carbocycles. The minimum Gasteiger partial charge on any atom is -0.338 e. The molecule has 25 heavy (non-hydrogen) atoms. The lowest BCUT2D eigenvalue weighted by molar-refractivity contribution is 0.149. The van der Waals surface area contributed by atoms with Gasteiger partial charge in [0.1, 0.15) is 5.82 Å². The van der Waals surface area contributed by atoms with Gasteiger partial charge in [0.05, 0.1) is 6.54 Å². The van der Waals surface area contributed by atoms with Crippen LogP contribution >= 0.6 is 0 Å². The second-order valence-corrected chi connectivity index (χ2v) is 6.32. The number of likely N-dealkylation sites (tertiary alicyclic amines) is 1. The van der Waals surface area contributed by atoms with E-state index in [1.54, 1.807) is 19.1 Å². The van der Waals surface area contributed by atoms with Crippen molar-refractivity contribution < 1.29 is 13.7 Å². The summed E-state index contributed by atoms with van der Waals surface area (Å²) < 4.78 is 18.3. The van der Waals surface area contributed by atoms with Crippen LogP contribution in [0.1, 0.15) is 24.6 Å². The molecule has 1 saturated heterocycles. The Balaban J connectivity index is 1.43. The van der Waals surface area contributed by atoms with E-state index in [0.717, 1.165) is 25.9 Å². The van der Waals surface area contributed by atoms with Gasteiger partial charge in [0.15, 0.2) is 5.82 Å². The summed E-state index contributed by atoms with van der Waals surface area (Å²) in [6, 6.07) is 5.51. The van der Waals surface area contributed by atoms with Crippen molar-refractivity contribution in [1.29, 1.82) is 0 Å². The molecule has 1 aliphatic heterocycles. The van der Waals surface area contributed by atoms with Crippen molar-refractivity contribution in [1.82, 2.24) is 20.4 Å². The molecule has 1 atom stereocenters. The number of aryl methyl sites for hydroxylation is 1. The van der Waals surface area contributed by atoms with Gasteiger partial charge in [0.2, 0.25) is 5.89 Å². The van der Waals surface area contributed by atoms with Crippen LogP contribution in [0.3, 0.4) is 0 Å². The van der Waals surface area contributed by atoms with E-state index < -0.39 is 0 Å². The Kier molecular flexibility index (Phi) is 5.60. The lowest BCUT2D eigenvalue weighted by atomic mass is 9.98. The van der Waals surface area contributed by atoms with Gasteiger partial charge >= 0.3 is 6.03 Å². The molecule has 2 aromatic rings. The van der Waals surface area contributed by atoms with Crippen LogP contribution in [0.2, 0.25) is 0 Å². The third-order valence-corrected chi connectivity index (χ3v) is 4.17. The maximum Gasteiger partial charge on any atom is 0.319 e. The summed E-state index contributed by atoms with van der Waals surface area (Å²) in [5, 5.41) is 9.30. The predicted molar refractivity (Wildman–Crippen MR) is 90.5 cm³/mol. The molecular weight excluding hydrogens is 325 g/mol. The molecule has 1 aliphatic rings. The molecule has 3 rings (SSSR count). The number of urea groups is 1. The fourth-order valence-electron chi connectivity index (χ4n) is 3.04. The highest BCUT2D eigenvalue weighted by atomic mass is 19.1. The Morgan fingerprint density at radius 1 is 1.48 bits per heavy atom. The first-order chi connectivity index (χ1) is 12.1. The highest BCUT2D eigenvalue weighted by Gasteiger charge is 2.22. The van der Waals surface area contributed by atoms with Gasteiger partial charge in [0, 0.05) is 18.8 Å². The van der Waals surface area contributed by atoms with E-state index in [9.17, 15) is 9.18 Å². The first-order valence-electron chi connectivity index (χ1n) is 8.40. The molecule has 1 fully saturated rings. The number of hydrogen-bond acceptors (Lipinski definition) is 5. The fraction of sp³-hybridized carbons (Fsp3) is 0.471. The minimum atomic E-state index is -0.378. The maximum atomic E-state index is 13.1. The van der Waals surface area contributed by atoms with Gasteiger partial charge in [0.25, 0.3) is 0 Å². The maximum absolute atomic E-state index is 13.1. The molecular formula is C17H22FN5O2. The van der Waals surface area contributed by atoms with Gasteiger partial charge in [-0.25, -0.2) is 9.18 Å². The van der Waals surface area contributed by atoms with E-state index in [2.05, 4.69) is 25.7 Å². The lowest BCUT2D eigenvalue weighted by Gasteiger charge is -2.31. The van der Waals surface area contributed by atoms with E-state index in [0.29, 0.717) is 36.4 Å². The van der Waals surface area contributed by atoms with Crippen molar-refractivity contribution in [3.8, 4) is 0 Å². The standard InChI is InChI=1S/C17H22FN5O2/c1-12-20-16(25-22-12)11-23-7-3-4-13(10-23)9-19-17(24)21-15-6-2-5-14(18)8-15/h2,5-6,8,13H,3-4,7,9-11H2,1H3,(H2,19,21,24)/t13-/m0/s1. The number of rotatable bonds is 5. The number of aromatic nitrogens is 2. The van der Waals surface area contributed by atoms with Gasteiger partial charge in [-0.15, -0.1) is 0 Å². The first-order valence-corrected chi connectivity index (χ1v) is 8.40. The van der Waals surface area contributed by atoms with Gasteiger partial charge in [-0.3, -0.25) is 4.90 Å². The molecule has 0 spiro atoms. The number of carbonyl (C=O) groups is 1. The molecule has 2 heterocycles. The van der Waals surface area contributed by atoms with Crippen LogP contribution in [-0.2, 0) is 6.54 Å². The molecule has 8 heteroatoms. The van der Waals surface area contributed by atoms with Gasteiger partial charge < -0.3 is 15.2 Å². The van der Waals surface area contributed by atoms with E-state index >= 15 is 0 Å². The molecule has 1 aromatic heterocycles. The van der Waals surface area contributed by atoms with Crippen molar-refractivity contribution in [3.63, 3.8) is 0 Å². The molecule has 0 aliphatic carbocycles. The number of nitrogens with zero attached hydrogens (tertiary/aromatic N) is 3. The summed E-state index contributed by atoms with van der Waals surface area (Å²) in [4.78, 5) is 18.4. The molecule has 7 nitrogen and oxygen atoms in total. The first kappa shape index (κ1) is 17.3. The highest BCUT2D eigenvalue weighted by Crippen LogP contribution is 2.17. The van der Waals surface area contributed by atoms with E-state index in [-0.39, 0.29) is 11.8 Å². The molecule has 2 N–H and O–H groups in total. The Morgan fingerprint density at radius 2 is 2.36 bits per heavy atom. The smallest absolute Gasteiger partial charge is 0.319 e. The van der Waals surface area contributed by atoms with E-state index in [1.165, 1.54) is 12.1 Å². The number of piperidine rings is 1. The third kappa shape index (κ3) is 5.25. The number of benzene rings is 1. The number of nitrogens with one attached hydrogen (secondary N) is 2. The predicted octanol–water partition coefficient (Wildman–Crippen LogP) is 2.55. The summed E-state index contributed by atoms with van der Waals surface area (Å²) in [5.41, 5.74) is 0.439. The zero-order chi connectivity index (χ0) is 17.6. The number of hydrogen-bond donors (Lipinski definition) is 2. The number of halogens is 1. The van der Waals surface area contributed by atoms with Crippen LogP contribution in [0.25, 0.3) is 0 Å². The second-order valence-electron chi connectivity index (χ2n) is 6.32.